The Hall–Kier alpha value is -1.51. The maximum atomic E-state index is 11.9. The van der Waals surface area contributed by atoms with Crippen LogP contribution in [0.3, 0.4) is 0 Å². The highest BCUT2D eigenvalue weighted by Gasteiger charge is 2.23. The van der Waals surface area contributed by atoms with Crippen molar-refractivity contribution in [2.24, 2.45) is 0 Å². The summed E-state index contributed by atoms with van der Waals surface area (Å²) in [5.41, 5.74) is 0. The van der Waals surface area contributed by atoms with E-state index in [9.17, 15) is 24.2 Å². The first kappa shape index (κ1) is 36.5. The summed E-state index contributed by atoms with van der Waals surface area (Å²) in [6.45, 7) is 3.30. The van der Waals surface area contributed by atoms with Gasteiger partial charge in [-0.2, -0.15) is 0 Å². The van der Waals surface area contributed by atoms with Gasteiger partial charge in [0, 0.05) is 19.4 Å². The van der Waals surface area contributed by atoms with E-state index in [1.165, 1.54) is 6.42 Å². The molecule has 0 bridgehead atoms. The maximum Gasteiger partial charge on any atom is 0.472 e. The minimum absolute atomic E-state index is 0.0781. The van der Waals surface area contributed by atoms with Gasteiger partial charge in [-0.25, -0.2) is 4.57 Å². The minimum Gasteiger partial charge on any atom is -0.463 e. The number of phosphoric acid groups is 1. The molecule has 0 aliphatic carbocycles. The fourth-order valence-electron chi connectivity index (χ4n) is 3.41. The van der Waals surface area contributed by atoms with Crippen molar-refractivity contribution in [3.05, 3.63) is 24.3 Å². The van der Waals surface area contributed by atoms with Gasteiger partial charge in [-0.1, -0.05) is 83.1 Å². The van der Waals surface area contributed by atoms with Crippen LogP contribution in [0.25, 0.3) is 0 Å². The van der Waals surface area contributed by atoms with E-state index >= 15 is 0 Å². The smallest absolute Gasteiger partial charge is 0.463 e. The lowest BCUT2D eigenvalue weighted by Crippen LogP contribution is -2.27. The maximum absolute atomic E-state index is 11.9. The second-order valence-corrected chi connectivity index (χ2v) is 10.8. The highest BCUT2D eigenvalue weighted by atomic mass is 31.2. The number of carbonyl (C=O) groups is 2. The molecule has 3 N–H and O–H groups in total. The minimum atomic E-state index is -4.39. The molecule has 0 spiro atoms. The molecule has 0 aliphatic heterocycles. The summed E-state index contributed by atoms with van der Waals surface area (Å²) in [7, 11) is -4.39. The van der Waals surface area contributed by atoms with Crippen LogP contribution >= 0.6 is 7.82 Å². The van der Waals surface area contributed by atoms with Crippen molar-refractivity contribution in [1.82, 2.24) is 5.32 Å². The Morgan fingerprint density at radius 2 is 1.47 bits per heavy atom. The van der Waals surface area contributed by atoms with E-state index in [4.69, 9.17) is 13.8 Å². The van der Waals surface area contributed by atoms with Crippen LogP contribution in [-0.4, -0.2) is 54.3 Å². The molecule has 0 saturated heterocycles. The molecule has 0 rings (SSSR count). The van der Waals surface area contributed by atoms with Crippen molar-refractivity contribution in [2.45, 2.75) is 116 Å². The molecule has 1 amide bonds. The number of allylic oxidation sites excluding steroid dienone is 4. The Morgan fingerprint density at radius 1 is 0.816 bits per heavy atom. The summed E-state index contributed by atoms with van der Waals surface area (Å²) in [4.78, 5) is 33.1. The highest BCUT2D eigenvalue weighted by molar-refractivity contribution is 7.47. The van der Waals surface area contributed by atoms with Crippen molar-refractivity contribution in [2.75, 3.05) is 26.4 Å². The van der Waals surface area contributed by atoms with Crippen LogP contribution in [0, 0.1) is 0 Å². The molecule has 2 atom stereocenters. The SMILES string of the molecule is CCC/C=C\C/C=C\CCCCCCCC(=O)OCC(O)COP(=O)(O)OCCNC(=O)CCCCCC. The van der Waals surface area contributed by atoms with Crippen LogP contribution in [0.5, 0.6) is 0 Å². The third kappa shape index (κ3) is 26.1. The first-order chi connectivity index (χ1) is 18.3. The van der Waals surface area contributed by atoms with E-state index in [-0.39, 0.29) is 32.1 Å². The van der Waals surface area contributed by atoms with E-state index in [2.05, 4.69) is 43.5 Å². The third-order valence-electron chi connectivity index (χ3n) is 5.62. The van der Waals surface area contributed by atoms with Crippen LogP contribution in [-0.2, 0) is 27.9 Å². The van der Waals surface area contributed by atoms with Gasteiger partial charge in [-0.05, 0) is 38.5 Å². The number of ether oxygens (including phenoxy) is 1. The largest absolute Gasteiger partial charge is 0.472 e. The van der Waals surface area contributed by atoms with Crippen LogP contribution in [0.1, 0.15) is 110 Å². The molecule has 10 heteroatoms. The molecule has 0 aromatic heterocycles. The van der Waals surface area contributed by atoms with E-state index in [0.717, 1.165) is 77.0 Å². The van der Waals surface area contributed by atoms with Crippen LogP contribution in [0.15, 0.2) is 24.3 Å². The number of rotatable bonds is 26. The van der Waals surface area contributed by atoms with Crippen molar-refractivity contribution >= 4 is 19.7 Å². The molecule has 0 heterocycles. The van der Waals surface area contributed by atoms with Gasteiger partial charge in [0.15, 0.2) is 0 Å². The van der Waals surface area contributed by atoms with Gasteiger partial charge < -0.3 is 20.1 Å². The molecule has 0 saturated carbocycles. The average Bonchev–Trinajstić information content (AvgIpc) is 2.89. The number of nitrogens with one attached hydrogen (secondary N) is 1. The van der Waals surface area contributed by atoms with Crippen LogP contribution < -0.4 is 5.32 Å². The third-order valence-corrected chi connectivity index (χ3v) is 6.60. The Balaban J connectivity index is 3.70. The predicted molar refractivity (Wildman–Crippen MR) is 151 cm³/mol. The Kier molecular flexibility index (Phi) is 24.7. The normalized spacial score (nSPS) is 14.1. The number of carbonyl (C=O) groups excluding carboxylic acids is 2. The first-order valence-electron chi connectivity index (χ1n) is 14.3. The van der Waals surface area contributed by atoms with E-state index in [0.29, 0.717) is 6.42 Å². The lowest BCUT2D eigenvalue weighted by molar-refractivity contribution is -0.147. The number of aliphatic hydroxyl groups excluding tert-OH is 1. The molecule has 2 unspecified atom stereocenters. The number of aliphatic hydroxyl groups is 1. The molecule has 0 aliphatic rings. The molecule has 38 heavy (non-hydrogen) atoms. The zero-order valence-electron chi connectivity index (χ0n) is 23.6. The zero-order valence-corrected chi connectivity index (χ0v) is 24.5. The standard InChI is InChI=1S/C28H52NO8P/c1-3-5-7-9-10-11-12-13-14-15-16-17-19-21-28(32)35-24-26(30)25-37-38(33,34)36-23-22-29-27(31)20-18-8-6-4-2/h7,9,11-12,26,30H,3-6,8,10,13-25H2,1-2H3,(H,29,31)(H,33,34)/b9-7-,12-11-. The van der Waals surface area contributed by atoms with Crippen molar-refractivity contribution in [1.29, 1.82) is 0 Å². The predicted octanol–water partition coefficient (Wildman–Crippen LogP) is 6.14. The Morgan fingerprint density at radius 3 is 2.21 bits per heavy atom. The zero-order chi connectivity index (χ0) is 28.3. The summed E-state index contributed by atoms with van der Waals surface area (Å²) >= 11 is 0. The van der Waals surface area contributed by atoms with Crippen molar-refractivity contribution in [3.63, 3.8) is 0 Å². The summed E-state index contributed by atoms with van der Waals surface area (Å²) in [6.07, 6.45) is 21.6. The van der Waals surface area contributed by atoms with Gasteiger partial charge in [-0.3, -0.25) is 18.6 Å². The summed E-state index contributed by atoms with van der Waals surface area (Å²) < 4.78 is 26.4. The second-order valence-electron chi connectivity index (χ2n) is 9.37. The number of phosphoric ester groups is 1. The molecule has 222 valence electrons. The molecule has 0 fully saturated rings. The lowest BCUT2D eigenvalue weighted by Gasteiger charge is -2.15. The average molecular weight is 562 g/mol. The first-order valence-corrected chi connectivity index (χ1v) is 15.8. The fourth-order valence-corrected chi connectivity index (χ4v) is 4.17. The van der Waals surface area contributed by atoms with Gasteiger partial charge in [0.2, 0.25) is 5.91 Å². The van der Waals surface area contributed by atoms with E-state index < -0.39 is 26.5 Å². The van der Waals surface area contributed by atoms with Gasteiger partial charge >= 0.3 is 13.8 Å². The topological polar surface area (TPSA) is 131 Å². The second kappa shape index (κ2) is 25.8. The summed E-state index contributed by atoms with van der Waals surface area (Å²) in [5.74, 6) is -0.554. The van der Waals surface area contributed by atoms with Crippen LogP contribution in [0.4, 0.5) is 0 Å². The highest BCUT2D eigenvalue weighted by Crippen LogP contribution is 2.42. The summed E-state index contributed by atoms with van der Waals surface area (Å²) in [5, 5.41) is 12.5. The molecule has 9 nitrogen and oxygen atoms in total. The van der Waals surface area contributed by atoms with Gasteiger partial charge in [0.05, 0.1) is 13.2 Å². The van der Waals surface area contributed by atoms with E-state index in [1.54, 1.807) is 0 Å². The van der Waals surface area contributed by atoms with Gasteiger partial charge in [0.1, 0.15) is 12.7 Å². The molecular weight excluding hydrogens is 509 g/mol. The number of hydrogen-bond donors (Lipinski definition) is 3. The molecule has 0 radical (unpaired) electrons. The monoisotopic (exact) mass is 561 g/mol. The number of hydrogen-bond acceptors (Lipinski definition) is 7. The number of amides is 1. The molecule has 0 aromatic carbocycles. The quantitative estimate of drug-likeness (QED) is 0.0496. The molecular formula is C28H52NO8P. The fraction of sp³-hybridized carbons (Fsp3) is 0.786. The Bertz CT molecular complexity index is 698. The van der Waals surface area contributed by atoms with Gasteiger partial charge in [-0.15, -0.1) is 0 Å². The van der Waals surface area contributed by atoms with Gasteiger partial charge in [0.25, 0.3) is 0 Å². The molecule has 0 aromatic rings. The number of unbranched alkanes of at least 4 members (excludes halogenated alkanes) is 9. The lowest BCUT2D eigenvalue weighted by atomic mass is 10.1. The van der Waals surface area contributed by atoms with E-state index in [1.807, 2.05) is 0 Å². The van der Waals surface area contributed by atoms with Crippen molar-refractivity contribution in [3.8, 4) is 0 Å². The summed E-state index contributed by atoms with van der Waals surface area (Å²) in [6, 6.07) is 0. The Labute approximate surface area is 230 Å². The van der Waals surface area contributed by atoms with Crippen molar-refractivity contribution < 1.29 is 37.9 Å². The van der Waals surface area contributed by atoms with Crippen LogP contribution in [0.2, 0.25) is 0 Å². The number of esters is 1.